The molecule has 1 aliphatic carbocycles. The first-order valence-electron chi connectivity index (χ1n) is 8.64. The zero-order valence-corrected chi connectivity index (χ0v) is 14.7. The molecule has 3 heterocycles. The molecule has 0 bridgehead atoms. The van der Waals surface area contributed by atoms with E-state index in [-0.39, 0.29) is 29.8 Å². The summed E-state index contributed by atoms with van der Waals surface area (Å²) in [7, 11) is 0. The maximum atomic E-state index is 12.7. The van der Waals surface area contributed by atoms with Crippen molar-refractivity contribution in [2.75, 3.05) is 0 Å². The molecule has 0 aliphatic heterocycles. The van der Waals surface area contributed by atoms with Gasteiger partial charge in [-0.15, -0.1) is 0 Å². The number of halogens is 5. The van der Waals surface area contributed by atoms with Crippen LogP contribution in [0.3, 0.4) is 0 Å². The number of rotatable bonds is 7. The molecule has 0 saturated heterocycles. The molecule has 0 amide bonds. The Morgan fingerprint density at radius 3 is 2.69 bits per heavy atom. The van der Waals surface area contributed by atoms with E-state index in [1.54, 1.807) is 6.07 Å². The molecule has 0 unspecified atom stereocenters. The molecular formula is C17H14F5N5O2. The van der Waals surface area contributed by atoms with E-state index in [1.165, 1.54) is 23.0 Å². The van der Waals surface area contributed by atoms with Crippen LogP contribution in [0.15, 0.2) is 28.9 Å². The molecule has 3 aromatic heterocycles. The van der Waals surface area contributed by atoms with Crippen molar-refractivity contribution in [2.45, 2.75) is 44.5 Å². The van der Waals surface area contributed by atoms with Gasteiger partial charge in [0.05, 0.1) is 0 Å². The van der Waals surface area contributed by atoms with E-state index < -0.39 is 25.0 Å². The fourth-order valence-corrected chi connectivity index (χ4v) is 2.77. The molecule has 4 rings (SSSR count). The standard InChI is InChI=1S/C17H14F5N5O2/c18-13(19)7-27-12(9-1-2-9)6-11(25-27)8-28-14-5-10(3-4-23-14)15-24-16(29-26-15)17(20,21)22/h3-6,9,13H,1-2,7-8H2. The van der Waals surface area contributed by atoms with Crippen LogP contribution in [-0.4, -0.2) is 31.3 Å². The molecule has 0 radical (unpaired) electrons. The summed E-state index contributed by atoms with van der Waals surface area (Å²) in [5, 5.41) is 7.46. The number of hydrogen-bond donors (Lipinski definition) is 0. The molecule has 1 saturated carbocycles. The maximum absolute atomic E-state index is 12.7. The highest BCUT2D eigenvalue weighted by Crippen LogP contribution is 2.40. The van der Waals surface area contributed by atoms with Crippen LogP contribution < -0.4 is 4.74 Å². The summed E-state index contributed by atoms with van der Waals surface area (Å²) in [6.07, 6.45) is -4.07. The Balaban J connectivity index is 1.47. The van der Waals surface area contributed by atoms with Crippen LogP contribution in [0.25, 0.3) is 11.4 Å². The molecule has 29 heavy (non-hydrogen) atoms. The molecule has 0 spiro atoms. The van der Waals surface area contributed by atoms with E-state index in [1.807, 2.05) is 0 Å². The molecule has 7 nitrogen and oxygen atoms in total. The van der Waals surface area contributed by atoms with Crippen LogP contribution in [0, 0.1) is 0 Å². The zero-order valence-electron chi connectivity index (χ0n) is 14.7. The molecule has 12 heteroatoms. The van der Waals surface area contributed by atoms with Crippen LogP contribution in [0.2, 0.25) is 0 Å². The predicted molar refractivity (Wildman–Crippen MR) is 87.1 cm³/mol. The molecule has 0 aromatic carbocycles. The van der Waals surface area contributed by atoms with Crippen LogP contribution >= 0.6 is 0 Å². The Bertz CT molecular complexity index is 996. The first-order valence-corrected chi connectivity index (χ1v) is 8.64. The zero-order chi connectivity index (χ0) is 20.6. The second-order valence-corrected chi connectivity index (χ2v) is 6.50. The summed E-state index contributed by atoms with van der Waals surface area (Å²) in [4.78, 5) is 7.28. The summed E-state index contributed by atoms with van der Waals surface area (Å²) in [5.74, 6) is -1.39. The molecule has 154 valence electrons. The van der Waals surface area contributed by atoms with Gasteiger partial charge in [0, 0.05) is 29.4 Å². The lowest BCUT2D eigenvalue weighted by Gasteiger charge is -2.05. The number of alkyl halides is 5. The monoisotopic (exact) mass is 415 g/mol. The smallest absolute Gasteiger partial charge is 0.471 e. The van der Waals surface area contributed by atoms with Gasteiger partial charge < -0.3 is 9.26 Å². The van der Waals surface area contributed by atoms with Gasteiger partial charge in [-0.2, -0.15) is 23.3 Å². The Kier molecular flexibility index (Phi) is 4.92. The van der Waals surface area contributed by atoms with Gasteiger partial charge in [-0.05, 0) is 25.0 Å². The van der Waals surface area contributed by atoms with Gasteiger partial charge in [-0.1, -0.05) is 5.16 Å². The summed E-state index contributed by atoms with van der Waals surface area (Å²) < 4.78 is 74.3. The van der Waals surface area contributed by atoms with Crippen LogP contribution in [-0.2, 0) is 19.3 Å². The van der Waals surface area contributed by atoms with Gasteiger partial charge in [0.2, 0.25) is 11.7 Å². The minimum atomic E-state index is -4.74. The van der Waals surface area contributed by atoms with Crippen LogP contribution in [0.5, 0.6) is 5.88 Å². The fourth-order valence-electron chi connectivity index (χ4n) is 2.77. The normalized spacial score (nSPS) is 14.6. The second kappa shape index (κ2) is 7.41. The molecule has 0 atom stereocenters. The Labute approximate surface area is 160 Å². The van der Waals surface area contributed by atoms with Crippen molar-refractivity contribution in [3.63, 3.8) is 0 Å². The number of aromatic nitrogens is 5. The first-order chi connectivity index (χ1) is 13.8. The van der Waals surface area contributed by atoms with Gasteiger partial charge in [-0.3, -0.25) is 4.68 Å². The summed E-state index contributed by atoms with van der Waals surface area (Å²) in [5.41, 5.74) is 1.42. The van der Waals surface area contributed by atoms with Crippen LogP contribution in [0.1, 0.15) is 36.0 Å². The number of pyridine rings is 1. The summed E-state index contributed by atoms with van der Waals surface area (Å²) >= 11 is 0. The Morgan fingerprint density at radius 1 is 1.24 bits per heavy atom. The quantitative estimate of drug-likeness (QED) is 0.542. The van der Waals surface area contributed by atoms with E-state index in [2.05, 4.69) is 24.7 Å². The first kappa shape index (κ1) is 19.3. The van der Waals surface area contributed by atoms with Gasteiger partial charge in [-0.25, -0.2) is 13.8 Å². The topological polar surface area (TPSA) is 78.9 Å². The molecule has 1 fully saturated rings. The van der Waals surface area contributed by atoms with Gasteiger partial charge >= 0.3 is 12.1 Å². The van der Waals surface area contributed by atoms with E-state index in [0.717, 1.165) is 18.5 Å². The van der Waals surface area contributed by atoms with Crippen molar-refractivity contribution >= 4 is 0 Å². The Morgan fingerprint density at radius 2 is 2.03 bits per heavy atom. The Hall–Kier alpha value is -3.05. The van der Waals surface area contributed by atoms with Crippen molar-refractivity contribution in [3.8, 4) is 17.3 Å². The second-order valence-electron chi connectivity index (χ2n) is 6.50. The van der Waals surface area contributed by atoms with Crippen molar-refractivity contribution in [3.05, 3.63) is 41.7 Å². The number of hydrogen-bond acceptors (Lipinski definition) is 6. The van der Waals surface area contributed by atoms with Crippen molar-refractivity contribution in [1.82, 2.24) is 24.9 Å². The summed E-state index contributed by atoms with van der Waals surface area (Å²) in [6.45, 7) is -0.522. The van der Waals surface area contributed by atoms with Crippen LogP contribution in [0.4, 0.5) is 22.0 Å². The third-order valence-corrected chi connectivity index (χ3v) is 4.20. The highest BCUT2D eigenvalue weighted by molar-refractivity contribution is 5.55. The van der Waals surface area contributed by atoms with E-state index in [4.69, 9.17) is 4.74 Å². The van der Waals surface area contributed by atoms with Gasteiger partial charge in [0.1, 0.15) is 18.8 Å². The van der Waals surface area contributed by atoms with Crippen molar-refractivity contribution in [2.24, 2.45) is 0 Å². The molecule has 3 aromatic rings. The molecule has 0 N–H and O–H groups in total. The lowest BCUT2D eigenvalue weighted by molar-refractivity contribution is -0.159. The van der Waals surface area contributed by atoms with Gasteiger partial charge in [0.15, 0.2) is 0 Å². The number of ether oxygens (including phenoxy) is 1. The van der Waals surface area contributed by atoms with E-state index >= 15 is 0 Å². The van der Waals surface area contributed by atoms with E-state index in [0.29, 0.717) is 5.69 Å². The SMILES string of the molecule is FC(F)Cn1nc(COc2cc(-c3noc(C(F)(F)F)n3)ccn2)cc1C1CC1. The highest BCUT2D eigenvalue weighted by Gasteiger charge is 2.38. The third kappa shape index (κ3) is 4.51. The average Bonchev–Trinajstić information content (AvgIpc) is 3.22. The fraction of sp³-hybridized carbons (Fsp3) is 0.412. The minimum absolute atomic E-state index is 0.0353. The van der Waals surface area contributed by atoms with Crippen molar-refractivity contribution < 1.29 is 31.2 Å². The summed E-state index contributed by atoms with van der Waals surface area (Å²) in [6, 6.07) is 4.47. The lowest BCUT2D eigenvalue weighted by Crippen LogP contribution is -2.11. The maximum Gasteiger partial charge on any atom is 0.471 e. The van der Waals surface area contributed by atoms with Gasteiger partial charge in [0.25, 0.3) is 6.43 Å². The third-order valence-electron chi connectivity index (χ3n) is 4.20. The lowest BCUT2D eigenvalue weighted by atomic mass is 10.2. The largest absolute Gasteiger partial charge is 0.471 e. The molecular weight excluding hydrogens is 401 g/mol. The van der Waals surface area contributed by atoms with E-state index in [9.17, 15) is 22.0 Å². The predicted octanol–water partition coefficient (Wildman–Crippen LogP) is 4.07. The molecule has 1 aliphatic rings. The number of nitrogens with zero attached hydrogens (tertiary/aromatic N) is 5. The minimum Gasteiger partial charge on any atom is -0.471 e. The highest BCUT2D eigenvalue weighted by atomic mass is 19.4. The average molecular weight is 415 g/mol. The van der Waals surface area contributed by atoms with Crippen molar-refractivity contribution in [1.29, 1.82) is 0 Å².